The summed E-state index contributed by atoms with van der Waals surface area (Å²) in [5.74, 6) is 1.28. The SMILES string of the molecule is CCC(=O)Nc1cc(Oc2ccc(/N=c3\[nH]c(=O)n(CC)c(=O)n3Cc3ccc(Cl)cc3)cc2)ccn1. The van der Waals surface area contributed by atoms with Gasteiger partial charge < -0.3 is 10.1 Å². The molecule has 11 heteroatoms. The summed E-state index contributed by atoms with van der Waals surface area (Å²) in [6, 6.07) is 17.2. The lowest BCUT2D eigenvalue weighted by molar-refractivity contribution is -0.115. The first-order chi connectivity index (χ1) is 17.9. The molecule has 0 aliphatic heterocycles. The highest BCUT2D eigenvalue weighted by atomic mass is 35.5. The molecule has 2 aromatic heterocycles. The van der Waals surface area contributed by atoms with E-state index in [1.165, 1.54) is 4.57 Å². The fourth-order valence-corrected chi connectivity index (χ4v) is 3.58. The van der Waals surface area contributed by atoms with Gasteiger partial charge >= 0.3 is 11.4 Å². The Hall–Kier alpha value is -4.44. The van der Waals surface area contributed by atoms with Gasteiger partial charge in [0.25, 0.3) is 0 Å². The van der Waals surface area contributed by atoms with E-state index in [4.69, 9.17) is 16.3 Å². The summed E-state index contributed by atoms with van der Waals surface area (Å²) in [5.41, 5.74) is 0.444. The van der Waals surface area contributed by atoms with Gasteiger partial charge in [-0.05, 0) is 55.0 Å². The lowest BCUT2D eigenvalue weighted by Gasteiger charge is -2.10. The molecular weight excluding hydrogens is 496 g/mol. The van der Waals surface area contributed by atoms with Crippen LogP contribution in [0.1, 0.15) is 25.8 Å². The Labute approximate surface area is 216 Å². The molecule has 0 spiro atoms. The van der Waals surface area contributed by atoms with Crippen LogP contribution in [0.15, 0.2) is 81.4 Å². The van der Waals surface area contributed by atoms with Crippen LogP contribution in [0.4, 0.5) is 11.5 Å². The number of nitrogens with one attached hydrogen (secondary N) is 2. The topological polar surface area (TPSA) is 123 Å². The number of aromatic nitrogens is 4. The number of pyridine rings is 1. The smallest absolute Gasteiger partial charge is 0.335 e. The lowest BCUT2D eigenvalue weighted by Crippen LogP contribution is -2.49. The van der Waals surface area contributed by atoms with Gasteiger partial charge in [-0.25, -0.2) is 24.1 Å². The summed E-state index contributed by atoms with van der Waals surface area (Å²) in [7, 11) is 0. The van der Waals surface area contributed by atoms with Crippen LogP contribution in [0.2, 0.25) is 5.02 Å². The van der Waals surface area contributed by atoms with Gasteiger partial charge in [-0.15, -0.1) is 0 Å². The van der Waals surface area contributed by atoms with Gasteiger partial charge in [0.05, 0.1) is 12.2 Å². The number of nitrogens with zero attached hydrogens (tertiary/aromatic N) is 4. The second-order valence-electron chi connectivity index (χ2n) is 7.98. The number of carbonyl (C=O) groups is 1. The number of hydrogen-bond acceptors (Lipinski definition) is 6. The van der Waals surface area contributed by atoms with Crippen molar-refractivity contribution in [2.24, 2.45) is 4.99 Å². The molecule has 0 bridgehead atoms. The summed E-state index contributed by atoms with van der Waals surface area (Å²) in [6.45, 7) is 3.90. The van der Waals surface area contributed by atoms with E-state index in [-0.39, 0.29) is 24.6 Å². The van der Waals surface area contributed by atoms with Crippen molar-refractivity contribution in [1.29, 1.82) is 0 Å². The Morgan fingerprint density at radius 3 is 2.43 bits per heavy atom. The summed E-state index contributed by atoms with van der Waals surface area (Å²) >= 11 is 5.98. The third kappa shape index (κ3) is 6.42. The van der Waals surface area contributed by atoms with E-state index in [9.17, 15) is 14.4 Å². The zero-order valence-corrected chi connectivity index (χ0v) is 21.0. The van der Waals surface area contributed by atoms with E-state index in [2.05, 4.69) is 20.3 Å². The quantitative estimate of drug-likeness (QED) is 0.365. The van der Waals surface area contributed by atoms with Crippen molar-refractivity contribution in [3.63, 3.8) is 0 Å². The first kappa shape index (κ1) is 25.6. The highest BCUT2D eigenvalue weighted by Gasteiger charge is 2.09. The number of halogens is 1. The van der Waals surface area contributed by atoms with Gasteiger partial charge in [0.2, 0.25) is 11.5 Å². The number of rotatable bonds is 8. The molecule has 4 rings (SSSR count). The zero-order valence-electron chi connectivity index (χ0n) is 20.3. The molecule has 2 N–H and O–H groups in total. The van der Waals surface area contributed by atoms with Crippen LogP contribution >= 0.6 is 11.6 Å². The highest BCUT2D eigenvalue weighted by molar-refractivity contribution is 6.30. The second-order valence-corrected chi connectivity index (χ2v) is 8.42. The molecule has 10 nitrogen and oxygen atoms in total. The molecule has 0 atom stereocenters. The second kappa shape index (κ2) is 11.5. The predicted octanol–water partition coefficient (Wildman–Crippen LogP) is 3.83. The van der Waals surface area contributed by atoms with Crippen molar-refractivity contribution in [2.45, 2.75) is 33.4 Å². The number of aromatic amines is 1. The van der Waals surface area contributed by atoms with Crippen LogP contribution in [-0.2, 0) is 17.9 Å². The molecule has 4 aromatic rings. The summed E-state index contributed by atoms with van der Waals surface area (Å²) in [6.07, 6.45) is 1.88. The van der Waals surface area contributed by atoms with E-state index in [0.717, 1.165) is 10.1 Å². The van der Waals surface area contributed by atoms with Gasteiger partial charge in [-0.3, -0.25) is 14.3 Å². The van der Waals surface area contributed by atoms with Crippen molar-refractivity contribution in [1.82, 2.24) is 19.1 Å². The lowest BCUT2D eigenvalue weighted by atomic mass is 10.2. The van der Waals surface area contributed by atoms with E-state index in [0.29, 0.717) is 34.4 Å². The van der Waals surface area contributed by atoms with Crippen molar-refractivity contribution < 1.29 is 9.53 Å². The molecule has 0 unspecified atom stereocenters. The van der Waals surface area contributed by atoms with Crippen LogP contribution < -0.4 is 27.1 Å². The van der Waals surface area contributed by atoms with Crippen LogP contribution in [0.25, 0.3) is 0 Å². The molecule has 0 radical (unpaired) electrons. The largest absolute Gasteiger partial charge is 0.457 e. The number of anilines is 1. The van der Waals surface area contributed by atoms with Crippen molar-refractivity contribution in [3.8, 4) is 11.5 Å². The van der Waals surface area contributed by atoms with Gasteiger partial charge in [0, 0.05) is 30.3 Å². The van der Waals surface area contributed by atoms with Crippen molar-refractivity contribution in [2.75, 3.05) is 5.32 Å². The molecule has 1 amide bonds. The summed E-state index contributed by atoms with van der Waals surface area (Å²) in [4.78, 5) is 48.4. The first-order valence-electron chi connectivity index (χ1n) is 11.6. The van der Waals surface area contributed by atoms with Gasteiger partial charge in [-0.2, -0.15) is 0 Å². The maximum Gasteiger partial charge on any atom is 0.335 e. The average molecular weight is 521 g/mol. The Bertz CT molecular complexity index is 1590. The molecule has 190 valence electrons. The Morgan fingerprint density at radius 2 is 1.76 bits per heavy atom. The van der Waals surface area contributed by atoms with Crippen LogP contribution in [-0.4, -0.2) is 25.0 Å². The fraction of sp³-hybridized carbons (Fsp3) is 0.192. The molecule has 37 heavy (non-hydrogen) atoms. The number of carbonyl (C=O) groups excluding carboxylic acids is 1. The maximum absolute atomic E-state index is 13.0. The third-order valence-corrected chi connectivity index (χ3v) is 5.63. The van der Waals surface area contributed by atoms with Gasteiger partial charge in [-0.1, -0.05) is 30.7 Å². The minimum atomic E-state index is -0.540. The van der Waals surface area contributed by atoms with Gasteiger partial charge in [0.15, 0.2) is 0 Å². The Morgan fingerprint density at radius 1 is 1.03 bits per heavy atom. The molecular formula is C26H25ClN6O4. The van der Waals surface area contributed by atoms with Crippen LogP contribution in [0.3, 0.4) is 0 Å². The maximum atomic E-state index is 13.0. The normalized spacial score (nSPS) is 11.4. The number of hydrogen-bond donors (Lipinski definition) is 2. The fourth-order valence-electron chi connectivity index (χ4n) is 3.46. The van der Waals surface area contributed by atoms with E-state index in [1.807, 2.05) is 12.1 Å². The summed E-state index contributed by atoms with van der Waals surface area (Å²) in [5, 5.41) is 3.27. The minimum absolute atomic E-state index is 0.119. The molecule has 0 saturated carbocycles. The number of H-pyrrole nitrogens is 1. The van der Waals surface area contributed by atoms with Crippen LogP contribution in [0, 0.1) is 0 Å². The molecule has 0 fully saturated rings. The molecule has 0 saturated heterocycles. The first-order valence-corrected chi connectivity index (χ1v) is 12.0. The molecule has 2 aromatic carbocycles. The summed E-state index contributed by atoms with van der Waals surface area (Å²) < 4.78 is 8.37. The Balaban J connectivity index is 1.63. The van der Waals surface area contributed by atoms with Crippen LogP contribution in [0.5, 0.6) is 11.5 Å². The van der Waals surface area contributed by atoms with Crippen molar-refractivity contribution >= 4 is 29.0 Å². The van der Waals surface area contributed by atoms with Crippen molar-refractivity contribution in [3.05, 3.63) is 104 Å². The van der Waals surface area contributed by atoms with Gasteiger partial charge in [0.1, 0.15) is 17.3 Å². The number of benzene rings is 2. The van der Waals surface area contributed by atoms with E-state index >= 15 is 0 Å². The van der Waals surface area contributed by atoms with E-state index < -0.39 is 11.4 Å². The standard InChI is InChI=1S/C26H25ClN6O4/c1-3-23(34)30-22-15-21(13-14-28-22)37-20-11-9-19(10-12-20)29-24-31-25(35)32(4-2)26(36)33(24)16-17-5-7-18(27)8-6-17/h5-15H,3-4,16H2,1-2H3,(H,28,30,34)(H,29,31,35). The zero-order chi connectivity index (χ0) is 26.4. The highest BCUT2D eigenvalue weighted by Crippen LogP contribution is 2.25. The number of amides is 1. The molecule has 0 aliphatic carbocycles. The minimum Gasteiger partial charge on any atom is -0.457 e. The number of ether oxygens (including phenoxy) is 1. The van der Waals surface area contributed by atoms with E-state index in [1.54, 1.807) is 68.6 Å². The Kier molecular flexibility index (Phi) is 7.99. The average Bonchev–Trinajstić information content (AvgIpc) is 2.89. The monoisotopic (exact) mass is 520 g/mol. The molecule has 0 aliphatic rings. The third-order valence-electron chi connectivity index (χ3n) is 5.38. The predicted molar refractivity (Wildman–Crippen MR) is 140 cm³/mol. The molecule has 2 heterocycles.